The van der Waals surface area contributed by atoms with Gasteiger partial charge in [0.25, 0.3) is 0 Å². The number of carboxylic acid groups (broad SMARTS) is 1. The molecular formula is C16H30N2O3. The van der Waals surface area contributed by atoms with Crippen LogP contribution in [0.1, 0.15) is 65.2 Å². The van der Waals surface area contributed by atoms with Crippen LogP contribution >= 0.6 is 0 Å². The number of carbonyl (C=O) groups is 2. The van der Waals surface area contributed by atoms with E-state index in [1.807, 2.05) is 6.92 Å². The maximum atomic E-state index is 12.2. The molecule has 0 aliphatic carbocycles. The molecule has 1 fully saturated rings. The van der Waals surface area contributed by atoms with Gasteiger partial charge in [-0.2, -0.15) is 0 Å². The van der Waals surface area contributed by atoms with E-state index in [0.717, 1.165) is 38.8 Å². The number of carboxylic acids is 1. The molecule has 2 amide bonds. The van der Waals surface area contributed by atoms with Crippen molar-refractivity contribution < 1.29 is 14.7 Å². The van der Waals surface area contributed by atoms with Crippen LogP contribution in [-0.4, -0.2) is 41.1 Å². The van der Waals surface area contributed by atoms with Crippen molar-refractivity contribution in [2.24, 2.45) is 5.92 Å². The van der Waals surface area contributed by atoms with Crippen molar-refractivity contribution in [1.29, 1.82) is 0 Å². The molecule has 2 N–H and O–H groups in total. The van der Waals surface area contributed by atoms with Crippen molar-refractivity contribution in [1.82, 2.24) is 10.2 Å². The first kappa shape index (κ1) is 17.8. The summed E-state index contributed by atoms with van der Waals surface area (Å²) in [6, 6.07) is -0.970. The van der Waals surface area contributed by atoms with Crippen molar-refractivity contribution in [3.8, 4) is 0 Å². The van der Waals surface area contributed by atoms with Gasteiger partial charge in [-0.3, -0.25) is 0 Å². The summed E-state index contributed by atoms with van der Waals surface area (Å²) < 4.78 is 0. The molecule has 1 aliphatic rings. The topological polar surface area (TPSA) is 69.6 Å². The van der Waals surface area contributed by atoms with Crippen molar-refractivity contribution in [3.05, 3.63) is 0 Å². The van der Waals surface area contributed by atoms with E-state index < -0.39 is 12.0 Å². The molecule has 1 saturated heterocycles. The van der Waals surface area contributed by atoms with Gasteiger partial charge < -0.3 is 15.3 Å². The van der Waals surface area contributed by atoms with E-state index in [2.05, 4.69) is 12.2 Å². The van der Waals surface area contributed by atoms with Gasteiger partial charge in [-0.1, -0.05) is 39.5 Å². The number of nitrogens with zero attached hydrogens (tertiary/aromatic N) is 1. The second-order valence-electron chi connectivity index (χ2n) is 6.06. The predicted octanol–water partition coefficient (Wildman–Crippen LogP) is 3.24. The SMILES string of the molecule is CCCC[C@H](NC(=O)N1CCCC(CCC)CC1)C(=O)O. The lowest BCUT2D eigenvalue weighted by Gasteiger charge is -2.24. The van der Waals surface area contributed by atoms with Gasteiger partial charge in [-0.25, -0.2) is 9.59 Å². The van der Waals surface area contributed by atoms with Gasteiger partial charge in [-0.15, -0.1) is 0 Å². The smallest absolute Gasteiger partial charge is 0.326 e. The van der Waals surface area contributed by atoms with Gasteiger partial charge in [0.15, 0.2) is 0 Å². The minimum atomic E-state index is -0.935. The van der Waals surface area contributed by atoms with Crippen molar-refractivity contribution in [2.75, 3.05) is 13.1 Å². The van der Waals surface area contributed by atoms with E-state index in [4.69, 9.17) is 0 Å². The van der Waals surface area contributed by atoms with Gasteiger partial charge in [0.2, 0.25) is 0 Å². The Hall–Kier alpha value is -1.26. The van der Waals surface area contributed by atoms with Gasteiger partial charge >= 0.3 is 12.0 Å². The summed E-state index contributed by atoms with van der Waals surface area (Å²) in [6.45, 7) is 5.70. The highest BCUT2D eigenvalue weighted by atomic mass is 16.4. The number of urea groups is 1. The van der Waals surface area contributed by atoms with E-state index in [-0.39, 0.29) is 6.03 Å². The monoisotopic (exact) mass is 298 g/mol. The van der Waals surface area contributed by atoms with Gasteiger partial charge in [0.05, 0.1) is 0 Å². The van der Waals surface area contributed by atoms with Crippen LogP contribution in [0.2, 0.25) is 0 Å². The zero-order chi connectivity index (χ0) is 15.7. The summed E-state index contributed by atoms with van der Waals surface area (Å²) in [5.41, 5.74) is 0. The second-order valence-corrected chi connectivity index (χ2v) is 6.06. The van der Waals surface area contributed by atoms with Gasteiger partial charge in [0.1, 0.15) is 6.04 Å². The van der Waals surface area contributed by atoms with Crippen molar-refractivity contribution in [2.45, 2.75) is 71.3 Å². The summed E-state index contributed by atoms with van der Waals surface area (Å²) in [6.07, 6.45) is 7.90. The Morgan fingerprint density at radius 2 is 2.00 bits per heavy atom. The fraction of sp³-hybridized carbons (Fsp3) is 0.875. The van der Waals surface area contributed by atoms with Crippen LogP contribution in [0.4, 0.5) is 4.79 Å². The van der Waals surface area contributed by atoms with E-state index in [9.17, 15) is 14.7 Å². The molecule has 1 heterocycles. The molecule has 1 aliphatic heterocycles. The fourth-order valence-corrected chi connectivity index (χ4v) is 2.97. The molecule has 21 heavy (non-hydrogen) atoms. The van der Waals surface area contributed by atoms with E-state index in [1.54, 1.807) is 4.90 Å². The lowest BCUT2D eigenvalue weighted by molar-refractivity contribution is -0.139. The Kier molecular flexibility index (Phi) is 8.16. The Balaban J connectivity index is 2.47. The summed E-state index contributed by atoms with van der Waals surface area (Å²) in [5.74, 6) is -0.223. The maximum Gasteiger partial charge on any atom is 0.326 e. The third-order valence-electron chi connectivity index (χ3n) is 4.27. The Labute approximate surface area is 128 Å². The highest BCUT2D eigenvalue weighted by Crippen LogP contribution is 2.22. The average molecular weight is 298 g/mol. The predicted molar refractivity (Wildman–Crippen MR) is 83.3 cm³/mol. The number of aliphatic carboxylic acids is 1. The molecule has 0 aromatic heterocycles. The van der Waals surface area contributed by atoms with Gasteiger partial charge in [-0.05, 0) is 31.6 Å². The summed E-state index contributed by atoms with van der Waals surface area (Å²) >= 11 is 0. The van der Waals surface area contributed by atoms with Crippen LogP contribution in [0.3, 0.4) is 0 Å². The number of likely N-dealkylation sites (tertiary alicyclic amines) is 1. The van der Waals surface area contributed by atoms with Crippen molar-refractivity contribution in [3.63, 3.8) is 0 Å². The number of rotatable bonds is 7. The quantitative estimate of drug-likeness (QED) is 0.758. The molecule has 2 atom stereocenters. The zero-order valence-corrected chi connectivity index (χ0v) is 13.4. The van der Waals surface area contributed by atoms with Crippen LogP contribution in [0, 0.1) is 5.92 Å². The zero-order valence-electron chi connectivity index (χ0n) is 13.4. The molecular weight excluding hydrogens is 268 g/mol. The van der Waals surface area contributed by atoms with E-state index in [1.165, 1.54) is 19.3 Å². The molecule has 0 spiro atoms. The molecule has 0 aromatic rings. The third kappa shape index (κ3) is 6.36. The van der Waals surface area contributed by atoms with Crippen LogP contribution < -0.4 is 5.32 Å². The first-order chi connectivity index (χ1) is 10.1. The minimum absolute atomic E-state index is 0.212. The van der Waals surface area contributed by atoms with Crippen molar-refractivity contribution >= 4 is 12.0 Å². The number of nitrogens with one attached hydrogen (secondary N) is 1. The molecule has 5 heteroatoms. The second kappa shape index (κ2) is 9.64. The Bertz CT molecular complexity index is 333. The van der Waals surface area contributed by atoms with Crippen LogP contribution in [0.5, 0.6) is 0 Å². The minimum Gasteiger partial charge on any atom is -0.480 e. The summed E-state index contributed by atoms with van der Waals surface area (Å²) in [7, 11) is 0. The first-order valence-corrected chi connectivity index (χ1v) is 8.36. The molecule has 0 radical (unpaired) electrons. The first-order valence-electron chi connectivity index (χ1n) is 8.36. The standard InChI is InChI=1S/C16H30N2O3/c1-3-5-9-14(15(19)20)17-16(21)18-11-6-8-13(7-4-2)10-12-18/h13-14H,3-12H2,1-2H3,(H,17,21)(H,19,20)/t13?,14-/m0/s1. The molecule has 1 rings (SSSR count). The molecule has 5 nitrogen and oxygen atoms in total. The maximum absolute atomic E-state index is 12.2. The summed E-state index contributed by atoms with van der Waals surface area (Å²) in [4.78, 5) is 25.2. The number of unbranched alkanes of at least 4 members (excludes halogenated alkanes) is 1. The Morgan fingerprint density at radius 1 is 1.24 bits per heavy atom. The fourth-order valence-electron chi connectivity index (χ4n) is 2.97. The van der Waals surface area contributed by atoms with Crippen LogP contribution in [0.25, 0.3) is 0 Å². The lowest BCUT2D eigenvalue weighted by Crippen LogP contribution is -2.48. The van der Waals surface area contributed by atoms with E-state index >= 15 is 0 Å². The molecule has 0 saturated carbocycles. The average Bonchev–Trinajstić information content (AvgIpc) is 2.69. The Morgan fingerprint density at radius 3 is 2.62 bits per heavy atom. The van der Waals surface area contributed by atoms with Crippen LogP contribution in [0.15, 0.2) is 0 Å². The lowest BCUT2D eigenvalue weighted by atomic mass is 9.96. The summed E-state index contributed by atoms with van der Waals surface area (Å²) in [5, 5.41) is 11.9. The highest BCUT2D eigenvalue weighted by Gasteiger charge is 2.24. The van der Waals surface area contributed by atoms with Gasteiger partial charge in [0, 0.05) is 13.1 Å². The molecule has 0 aromatic carbocycles. The number of carbonyl (C=O) groups excluding carboxylic acids is 1. The highest BCUT2D eigenvalue weighted by molar-refractivity contribution is 5.82. The normalized spacial score (nSPS) is 20.7. The van der Waals surface area contributed by atoms with Crippen LogP contribution in [-0.2, 0) is 4.79 Å². The molecule has 0 bridgehead atoms. The molecule has 122 valence electrons. The van der Waals surface area contributed by atoms with E-state index in [0.29, 0.717) is 12.3 Å². The third-order valence-corrected chi connectivity index (χ3v) is 4.27. The number of hydrogen-bond donors (Lipinski definition) is 2. The molecule has 1 unspecified atom stereocenters. The number of amides is 2. The largest absolute Gasteiger partial charge is 0.480 e. The number of hydrogen-bond acceptors (Lipinski definition) is 2.